The summed E-state index contributed by atoms with van der Waals surface area (Å²) in [6.45, 7) is 23.4. The average Bonchev–Trinajstić information content (AvgIpc) is 3.38. The van der Waals surface area contributed by atoms with E-state index >= 15 is 0 Å². The monoisotopic (exact) mass is 977 g/mol. The van der Waals surface area contributed by atoms with Crippen molar-refractivity contribution in [1.82, 2.24) is 0 Å². The normalized spacial score (nSPS) is 27.0. The summed E-state index contributed by atoms with van der Waals surface area (Å²) < 4.78 is 0. The van der Waals surface area contributed by atoms with E-state index in [1.54, 1.807) is 11.1 Å². The van der Waals surface area contributed by atoms with Gasteiger partial charge in [0.05, 0.1) is 11.4 Å². The second kappa shape index (κ2) is 17.9. The van der Waals surface area contributed by atoms with E-state index in [9.17, 15) is 0 Å². The van der Waals surface area contributed by atoms with Crippen molar-refractivity contribution < 1.29 is 0 Å². The van der Waals surface area contributed by atoms with Crippen LogP contribution in [0.2, 0.25) is 0 Å². The predicted molar refractivity (Wildman–Crippen MR) is 316 cm³/mol. The maximum absolute atomic E-state index is 2.76. The number of rotatable bonds is 10. The van der Waals surface area contributed by atoms with Gasteiger partial charge in [0, 0.05) is 44.3 Å². The van der Waals surface area contributed by atoms with Crippen molar-refractivity contribution in [2.75, 3.05) is 9.80 Å². The zero-order chi connectivity index (χ0) is 51.0. The summed E-state index contributed by atoms with van der Waals surface area (Å²) in [6.07, 6.45) is 15.5. The van der Waals surface area contributed by atoms with Crippen LogP contribution in [-0.2, 0) is 16.2 Å². The zero-order valence-corrected chi connectivity index (χ0v) is 46.6. The summed E-state index contributed by atoms with van der Waals surface area (Å²) in [5, 5.41) is 5.41. The van der Waals surface area contributed by atoms with Gasteiger partial charge in [-0.25, -0.2) is 0 Å². The van der Waals surface area contributed by atoms with Crippen LogP contribution in [0.15, 0.2) is 133 Å². The van der Waals surface area contributed by atoms with Crippen LogP contribution < -0.4 is 9.80 Å². The quantitative estimate of drug-likeness (QED) is 0.0995. The van der Waals surface area contributed by atoms with E-state index < -0.39 is 0 Å². The molecule has 0 N–H and O–H groups in total. The molecule has 0 aliphatic heterocycles. The summed E-state index contributed by atoms with van der Waals surface area (Å²) in [4.78, 5) is 5.35. The van der Waals surface area contributed by atoms with Crippen molar-refractivity contribution in [2.24, 2.45) is 41.4 Å². The highest BCUT2D eigenvalue weighted by molar-refractivity contribution is 6.23. The van der Waals surface area contributed by atoms with Crippen LogP contribution in [0.4, 0.5) is 34.1 Å². The third-order valence-corrected chi connectivity index (χ3v) is 20.4. The second-order valence-corrected chi connectivity index (χ2v) is 28.2. The van der Waals surface area contributed by atoms with Gasteiger partial charge >= 0.3 is 0 Å². The highest BCUT2D eigenvalue weighted by Crippen LogP contribution is 2.63. The van der Waals surface area contributed by atoms with Gasteiger partial charge in [0.15, 0.2) is 0 Å². The zero-order valence-electron chi connectivity index (χ0n) is 46.6. The first kappa shape index (κ1) is 48.3. The average molecular weight is 977 g/mol. The Bertz CT molecular complexity index is 3150. The highest BCUT2D eigenvalue weighted by Gasteiger charge is 2.52. The van der Waals surface area contributed by atoms with E-state index in [0.717, 1.165) is 41.4 Å². The lowest BCUT2D eigenvalue weighted by atomic mass is 9.48. The number of nitrogens with zero attached hydrogens (tertiary/aromatic N) is 2. The maximum atomic E-state index is 2.76. The minimum absolute atomic E-state index is 0.0479. The molecule has 0 radical (unpaired) electrons. The van der Waals surface area contributed by atoms with Gasteiger partial charge in [0.2, 0.25) is 0 Å². The molecule has 7 aromatic rings. The summed E-state index contributed by atoms with van der Waals surface area (Å²) in [5.74, 6) is 7.57. The van der Waals surface area contributed by atoms with Gasteiger partial charge in [0.25, 0.3) is 0 Å². The molecule has 0 aromatic heterocycles. The molecule has 0 spiro atoms. The molecule has 8 fully saturated rings. The molecule has 74 heavy (non-hydrogen) atoms. The Morgan fingerprint density at radius 3 is 1.15 bits per heavy atom. The smallest absolute Gasteiger partial charge is 0.0620 e. The first-order valence-corrected chi connectivity index (χ1v) is 29.5. The van der Waals surface area contributed by atoms with E-state index in [-0.39, 0.29) is 16.2 Å². The van der Waals surface area contributed by atoms with Gasteiger partial charge in [-0.15, -0.1) is 0 Å². The molecule has 8 bridgehead atoms. The van der Waals surface area contributed by atoms with Crippen LogP contribution >= 0.6 is 0 Å². The Balaban J connectivity index is 1.14. The Morgan fingerprint density at radius 1 is 0.392 bits per heavy atom. The lowest BCUT2D eigenvalue weighted by Crippen LogP contribution is -2.48. The van der Waals surface area contributed by atoms with Crippen LogP contribution in [0.1, 0.15) is 191 Å². The third-order valence-electron chi connectivity index (χ3n) is 20.4. The molecule has 0 saturated heterocycles. The van der Waals surface area contributed by atoms with Crippen LogP contribution in [0, 0.1) is 41.4 Å². The number of benzene rings is 7. The van der Waals surface area contributed by atoms with E-state index in [4.69, 9.17) is 0 Å². The Morgan fingerprint density at radius 2 is 0.757 bits per heavy atom. The minimum Gasteiger partial charge on any atom is -0.309 e. The third kappa shape index (κ3) is 8.34. The first-order valence-electron chi connectivity index (χ1n) is 29.5. The lowest BCUT2D eigenvalue weighted by molar-refractivity contribution is -0.00513. The molecule has 2 nitrogen and oxygen atoms in total. The largest absolute Gasteiger partial charge is 0.309 e. The second-order valence-electron chi connectivity index (χ2n) is 28.2. The molecule has 8 saturated carbocycles. The molecule has 7 aromatic carbocycles. The Hall–Kier alpha value is -5.34. The molecular formula is C72H84N2. The van der Waals surface area contributed by atoms with Gasteiger partial charge in [-0.05, 0) is 240 Å². The fraction of sp³-hybridized carbons (Fsp3) is 0.472. The van der Waals surface area contributed by atoms with Crippen molar-refractivity contribution >= 4 is 55.7 Å². The number of fused-ring (bicyclic) bond motifs is 2. The fourth-order valence-electron chi connectivity index (χ4n) is 17.2. The topological polar surface area (TPSA) is 6.48 Å². The van der Waals surface area contributed by atoms with Crippen molar-refractivity contribution in [3.8, 4) is 0 Å². The molecule has 2 heteroatoms. The SMILES string of the molecule is CC(C)c1ccc(N(c2ccc(C(C)(C)C)cc2)c2c3ccc(C45CC6CC(CC(C6)C4)C5)cc3c(N(c3ccc(C(C)C)cc3)c3ccc(C(C)(C)C)cc3)c3ccc(C4C5CC6CC(C5)CC4C6)cc23)cc1. The summed E-state index contributed by atoms with van der Waals surface area (Å²) in [7, 11) is 0. The van der Waals surface area contributed by atoms with Gasteiger partial charge in [0.1, 0.15) is 0 Å². The van der Waals surface area contributed by atoms with Crippen molar-refractivity contribution in [1.29, 1.82) is 0 Å². The van der Waals surface area contributed by atoms with Crippen molar-refractivity contribution in [2.45, 2.75) is 174 Å². The van der Waals surface area contributed by atoms with Crippen LogP contribution in [0.25, 0.3) is 21.5 Å². The predicted octanol–water partition coefficient (Wildman–Crippen LogP) is 20.8. The molecule has 0 amide bonds. The Kier molecular flexibility index (Phi) is 11.7. The molecule has 15 rings (SSSR count). The fourth-order valence-corrected chi connectivity index (χ4v) is 17.2. The standard InChI is InChI=1S/C72H84N2/c1-44(2)51-11-21-59(22-12-51)73(61-25-16-56(17-26-61)70(5,6)7)68-64-30-20-58(72-41-48-32-49(42-72)34-50(33-48)43-72)40-66(64)69(63-29-15-53(39-65(63)68)67-54-35-46-31-47(37-54)38-55(67)36-46)74(60-23-13-52(14-24-60)45(3)4)62-27-18-57(19-28-62)71(8,9)10/h11-30,39-40,44-50,54-55,67H,31-38,41-43H2,1-10H3. The van der Waals surface area contributed by atoms with E-state index in [2.05, 4.69) is 212 Å². The molecular weight excluding hydrogens is 893 g/mol. The molecule has 0 heterocycles. The van der Waals surface area contributed by atoms with E-state index in [0.29, 0.717) is 17.8 Å². The molecule has 0 atom stereocenters. The molecule has 0 unspecified atom stereocenters. The van der Waals surface area contributed by atoms with Gasteiger partial charge in [-0.2, -0.15) is 0 Å². The van der Waals surface area contributed by atoms with Crippen molar-refractivity contribution in [3.05, 3.63) is 167 Å². The molecule has 8 aliphatic carbocycles. The lowest BCUT2D eigenvalue weighted by Gasteiger charge is -2.57. The van der Waals surface area contributed by atoms with Crippen LogP contribution in [0.3, 0.4) is 0 Å². The number of hydrogen-bond donors (Lipinski definition) is 0. The first-order chi connectivity index (χ1) is 35.5. The van der Waals surface area contributed by atoms with Crippen molar-refractivity contribution in [3.63, 3.8) is 0 Å². The number of anilines is 6. The Labute approximate surface area is 445 Å². The molecule has 382 valence electrons. The van der Waals surface area contributed by atoms with Gasteiger partial charge in [-0.3, -0.25) is 0 Å². The minimum atomic E-state index is 0.0479. The summed E-state index contributed by atoms with van der Waals surface area (Å²) >= 11 is 0. The van der Waals surface area contributed by atoms with E-state index in [1.807, 2.05) is 0 Å². The highest BCUT2D eigenvalue weighted by atomic mass is 15.2. The van der Waals surface area contributed by atoms with E-state index in [1.165, 1.54) is 149 Å². The summed E-state index contributed by atoms with van der Waals surface area (Å²) in [6, 6.07) is 54.6. The number of hydrogen-bond acceptors (Lipinski definition) is 2. The van der Waals surface area contributed by atoms with Crippen LogP contribution in [0.5, 0.6) is 0 Å². The van der Waals surface area contributed by atoms with Gasteiger partial charge in [-0.1, -0.05) is 142 Å². The maximum Gasteiger partial charge on any atom is 0.0620 e. The molecule has 8 aliphatic rings. The summed E-state index contributed by atoms with van der Waals surface area (Å²) in [5.41, 5.74) is 16.5. The van der Waals surface area contributed by atoms with Gasteiger partial charge < -0.3 is 9.80 Å². The van der Waals surface area contributed by atoms with Crippen LogP contribution in [-0.4, -0.2) is 0 Å².